The Morgan fingerprint density at radius 2 is 1.89 bits per heavy atom. The van der Waals surface area contributed by atoms with Crippen LogP contribution in [0.3, 0.4) is 0 Å². The molecule has 0 bridgehead atoms. The van der Waals surface area contributed by atoms with E-state index in [1.165, 1.54) is 6.07 Å². The van der Waals surface area contributed by atoms with Crippen LogP contribution in [-0.2, 0) is 11.3 Å². The van der Waals surface area contributed by atoms with E-state index in [0.29, 0.717) is 50.9 Å². The van der Waals surface area contributed by atoms with Gasteiger partial charge in [0.15, 0.2) is 11.6 Å². The van der Waals surface area contributed by atoms with Crippen molar-refractivity contribution in [2.75, 3.05) is 13.1 Å². The van der Waals surface area contributed by atoms with E-state index in [-0.39, 0.29) is 18.7 Å². The molecule has 5 N–H and O–H groups in total. The van der Waals surface area contributed by atoms with E-state index in [1.807, 2.05) is 0 Å². The number of halogens is 2. The van der Waals surface area contributed by atoms with Gasteiger partial charge in [0.25, 0.3) is 0 Å². The standard InChI is InChI=1S/C18H27BF2N2O4/c20-15-4-3-13(11-16(15)21)12-23-9-5-14(6-10-23)18(22,17(24)25)7-1-2-8-19(26)27/h3-4,11,14,26-27H,1-2,5-10,12,22H2,(H,24,25). The van der Waals surface area contributed by atoms with Crippen LogP contribution in [0.5, 0.6) is 0 Å². The fourth-order valence-corrected chi connectivity index (χ4v) is 3.73. The zero-order chi connectivity index (χ0) is 20.0. The van der Waals surface area contributed by atoms with Crippen molar-refractivity contribution in [3.8, 4) is 0 Å². The molecule has 0 aliphatic carbocycles. The highest BCUT2D eigenvalue weighted by molar-refractivity contribution is 6.40. The summed E-state index contributed by atoms with van der Waals surface area (Å²) >= 11 is 0. The number of aliphatic carboxylic acids is 1. The van der Waals surface area contributed by atoms with Gasteiger partial charge in [-0.15, -0.1) is 0 Å². The Balaban J connectivity index is 1.88. The number of likely N-dealkylation sites (tertiary alicyclic amines) is 1. The molecule has 150 valence electrons. The van der Waals surface area contributed by atoms with Crippen molar-refractivity contribution in [2.24, 2.45) is 11.7 Å². The van der Waals surface area contributed by atoms with E-state index >= 15 is 0 Å². The van der Waals surface area contributed by atoms with Crippen LogP contribution in [0.1, 0.15) is 37.7 Å². The highest BCUT2D eigenvalue weighted by Crippen LogP contribution is 2.32. The van der Waals surface area contributed by atoms with Gasteiger partial charge in [-0.2, -0.15) is 0 Å². The highest BCUT2D eigenvalue weighted by atomic mass is 19.2. The Kier molecular flexibility index (Phi) is 7.73. The average molecular weight is 384 g/mol. The molecule has 1 fully saturated rings. The third-order valence-corrected chi connectivity index (χ3v) is 5.41. The van der Waals surface area contributed by atoms with E-state index in [9.17, 15) is 18.7 Å². The molecule has 9 heteroatoms. The first-order valence-electron chi connectivity index (χ1n) is 9.27. The Hall–Kier alpha value is -1.55. The number of carbonyl (C=O) groups is 1. The van der Waals surface area contributed by atoms with E-state index in [1.54, 1.807) is 6.07 Å². The molecule has 1 aromatic rings. The number of hydrogen-bond donors (Lipinski definition) is 4. The minimum atomic E-state index is -1.39. The van der Waals surface area contributed by atoms with Gasteiger partial charge in [0.05, 0.1) is 0 Å². The largest absolute Gasteiger partial charge is 0.480 e. The maximum Gasteiger partial charge on any atom is 0.451 e. The van der Waals surface area contributed by atoms with Crippen LogP contribution in [0.25, 0.3) is 0 Å². The van der Waals surface area contributed by atoms with Gasteiger partial charge >= 0.3 is 13.1 Å². The van der Waals surface area contributed by atoms with Crippen LogP contribution in [0.2, 0.25) is 6.32 Å². The van der Waals surface area contributed by atoms with E-state index in [4.69, 9.17) is 15.8 Å². The Bertz CT molecular complexity index is 642. The Morgan fingerprint density at radius 3 is 2.44 bits per heavy atom. The number of nitrogens with zero attached hydrogens (tertiary/aromatic N) is 1. The zero-order valence-electron chi connectivity index (χ0n) is 15.3. The average Bonchev–Trinajstić information content (AvgIpc) is 2.62. The highest BCUT2D eigenvalue weighted by Gasteiger charge is 2.42. The molecular weight excluding hydrogens is 357 g/mol. The van der Waals surface area contributed by atoms with Crippen molar-refractivity contribution in [1.82, 2.24) is 4.90 Å². The zero-order valence-corrected chi connectivity index (χ0v) is 15.3. The SMILES string of the molecule is NC(CCCCB(O)O)(C(=O)O)C1CCN(Cc2ccc(F)c(F)c2)CC1. The summed E-state index contributed by atoms with van der Waals surface area (Å²) in [7, 11) is -1.39. The van der Waals surface area contributed by atoms with E-state index in [2.05, 4.69) is 4.90 Å². The minimum Gasteiger partial charge on any atom is -0.480 e. The molecule has 6 nitrogen and oxygen atoms in total. The number of nitrogens with two attached hydrogens (primary N) is 1. The maximum absolute atomic E-state index is 13.3. The summed E-state index contributed by atoms with van der Waals surface area (Å²) in [6.45, 7) is 1.74. The van der Waals surface area contributed by atoms with Gasteiger partial charge in [-0.25, -0.2) is 8.78 Å². The van der Waals surface area contributed by atoms with Gasteiger partial charge in [-0.05, 0) is 62.3 Å². The van der Waals surface area contributed by atoms with Crippen molar-refractivity contribution >= 4 is 13.1 Å². The van der Waals surface area contributed by atoms with E-state index < -0.39 is 30.3 Å². The number of carboxylic acids is 1. The summed E-state index contributed by atoms with van der Waals surface area (Å²) in [6.07, 6.45) is 2.70. The third-order valence-electron chi connectivity index (χ3n) is 5.41. The summed E-state index contributed by atoms with van der Waals surface area (Å²) in [4.78, 5) is 13.9. The predicted octanol–water partition coefficient (Wildman–Crippen LogP) is 1.60. The second-order valence-electron chi connectivity index (χ2n) is 7.37. The first kappa shape index (κ1) is 21.8. The molecule has 27 heavy (non-hydrogen) atoms. The molecule has 1 aliphatic rings. The second-order valence-corrected chi connectivity index (χ2v) is 7.37. The normalized spacial score (nSPS) is 18.3. The lowest BCUT2D eigenvalue weighted by molar-refractivity contribution is -0.147. The third kappa shape index (κ3) is 5.97. The van der Waals surface area contributed by atoms with Crippen LogP contribution >= 0.6 is 0 Å². The Morgan fingerprint density at radius 1 is 1.22 bits per heavy atom. The van der Waals surface area contributed by atoms with Crippen LogP contribution < -0.4 is 5.73 Å². The number of benzene rings is 1. The quantitative estimate of drug-likeness (QED) is 0.381. The second kappa shape index (κ2) is 9.59. The van der Waals surface area contributed by atoms with Crippen molar-refractivity contribution < 1.29 is 28.7 Å². The van der Waals surface area contributed by atoms with Gasteiger partial charge in [0, 0.05) is 6.54 Å². The fourth-order valence-electron chi connectivity index (χ4n) is 3.73. The van der Waals surface area contributed by atoms with Crippen molar-refractivity contribution in [3.63, 3.8) is 0 Å². The smallest absolute Gasteiger partial charge is 0.451 e. The van der Waals surface area contributed by atoms with Gasteiger partial charge < -0.3 is 20.9 Å². The van der Waals surface area contributed by atoms with Gasteiger partial charge in [0.1, 0.15) is 5.54 Å². The first-order chi connectivity index (χ1) is 12.7. The summed E-state index contributed by atoms with van der Waals surface area (Å²) < 4.78 is 26.4. The van der Waals surface area contributed by atoms with Crippen molar-refractivity contribution in [2.45, 2.75) is 50.5 Å². The summed E-state index contributed by atoms with van der Waals surface area (Å²) in [5, 5.41) is 27.4. The summed E-state index contributed by atoms with van der Waals surface area (Å²) in [6, 6.07) is 3.84. The molecule has 1 aromatic carbocycles. The molecule has 1 saturated heterocycles. The molecule has 1 atom stereocenters. The summed E-state index contributed by atoms with van der Waals surface area (Å²) in [5.74, 6) is -2.97. The van der Waals surface area contributed by atoms with Gasteiger partial charge in [0.2, 0.25) is 0 Å². The molecule has 0 spiro atoms. The predicted molar refractivity (Wildman–Crippen MR) is 97.8 cm³/mol. The molecule has 2 rings (SSSR count). The minimum absolute atomic E-state index is 0.185. The van der Waals surface area contributed by atoms with Gasteiger partial charge in [-0.3, -0.25) is 9.69 Å². The van der Waals surface area contributed by atoms with Crippen LogP contribution in [0, 0.1) is 17.6 Å². The van der Waals surface area contributed by atoms with Crippen LogP contribution in [-0.4, -0.2) is 51.8 Å². The van der Waals surface area contributed by atoms with Crippen LogP contribution in [0.4, 0.5) is 8.78 Å². The van der Waals surface area contributed by atoms with E-state index in [0.717, 1.165) is 6.07 Å². The summed E-state index contributed by atoms with van der Waals surface area (Å²) in [5.41, 5.74) is 5.57. The number of hydrogen-bond acceptors (Lipinski definition) is 5. The molecule has 0 amide bonds. The number of rotatable bonds is 9. The maximum atomic E-state index is 13.3. The molecule has 1 heterocycles. The first-order valence-corrected chi connectivity index (χ1v) is 9.27. The topological polar surface area (TPSA) is 107 Å². The number of piperidine rings is 1. The molecule has 0 radical (unpaired) electrons. The Labute approximate surface area is 158 Å². The monoisotopic (exact) mass is 384 g/mol. The molecule has 0 aromatic heterocycles. The van der Waals surface area contributed by atoms with Crippen molar-refractivity contribution in [3.05, 3.63) is 35.4 Å². The van der Waals surface area contributed by atoms with Crippen molar-refractivity contribution in [1.29, 1.82) is 0 Å². The molecular formula is C18H27BF2N2O4. The fraction of sp³-hybridized carbons (Fsp3) is 0.611. The lowest BCUT2D eigenvalue weighted by atomic mass is 9.74. The molecule has 1 aliphatic heterocycles. The number of carboxylic acid groups (broad SMARTS) is 1. The van der Waals surface area contributed by atoms with Gasteiger partial charge in [-0.1, -0.05) is 18.9 Å². The number of unbranched alkanes of at least 4 members (excludes halogenated alkanes) is 1. The molecule has 1 unspecified atom stereocenters. The lowest BCUT2D eigenvalue weighted by Crippen LogP contribution is -2.56. The van der Waals surface area contributed by atoms with Crippen LogP contribution in [0.15, 0.2) is 18.2 Å². The molecule has 0 saturated carbocycles. The lowest BCUT2D eigenvalue weighted by Gasteiger charge is -2.40.